The van der Waals surface area contributed by atoms with Crippen LogP contribution in [0.25, 0.3) is 0 Å². The summed E-state index contributed by atoms with van der Waals surface area (Å²) in [4.78, 5) is 12.9. The maximum absolute atomic E-state index is 12.9. The summed E-state index contributed by atoms with van der Waals surface area (Å²) >= 11 is 0. The third-order valence-corrected chi connectivity index (χ3v) is 12.7. The van der Waals surface area contributed by atoms with E-state index in [1.54, 1.807) is 0 Å². The highest BCUT2D eigenvalue weighted by atomic mass is 16.1. The highest BCUT2D eigenvalue weighted by Crippen LogP contribution is 2.74. The molecule has 0 aromatic carbocycles. The second-order valence-corrected chi connectivity index (χ2v) is 14.9. The molecule has 3 fully saturated rings. The number of carbonyl (C=O) groups excluding carboxylic acids is 1. The van der Waals surface area contributed by atoms with E-state index in [1.807, 2.05) is 11.1 Å². The number of hydrogen-bond acceptors (Lipinski definition) is 1. The summed E-state index contributed by atoms with van der Waals surface area (Å²) in [6.07, 6.45) is 14.1. The van der Waals surface area contributed by atoms with E-state index in [0.717, 1.165) is 18.8 Å². The van der Waals surface area contributed by atoms with Crippen LogP contribution in [0.2, 0.25) is 0 Å². The molecule has 6 atom stereocenters. The number of hydrogen-bond donors (Lipinski definition) is 0. The lowest BCUT2D eigenvalue weighted by Gasteiger charge is -2.69. The van der Waals surface area contributed by atoms with Crippen LogP contribution in [0.3, 0.4) is 0 Å². The molecule has 0 aromatic heterocycles. The standard InChI is InChI=1S/C30H48O/c1-25(2)15-16-27(5)17-18-29(7)21-9-10-22-26(3,4)24(31)12-13-28(22,6)20(21)11-14-30(29,8)23(27)19-25/h22-23H,9-19H2,1-8H3/t22-,23-,27-,28+,29-,30+/m0/s1. The molecule has 0 spiro atoms. The fraction of sp³-hybridized carbons (Fsp3) is 0.900. The van der Waals surface area contributed by atoms with Crippen molar-refractivity contribution in [3.63, 3.8) is 0 Å². The van der Waals surface area contributed by atoms with Crippen LogP contribution in [0.5, 0.6) is 0 Å². The average Bonchev–Trinajstić information content (AvgIpc) is 2.68. The molecule has 0 aliphatic heterocycles. The third kappa shape index (κ3) is 2.70. The van der Waals surface area contributed by atoms with Crippen molar-refractivity contribution in [3.8, 4) is 0 Å². The quantitative estimate of drug-likeness (QED) is 0.356. The summed E-state index contributed by atoms with van der Waals surface area (Å²) in [6, 6.07) is 0. The minimum absolute atomic E-state index is 0.147. The summed E-state index contributed by atoms with van der Waals surface area (Å²) in [5.74, 6) is 1.91. The number of ketones is 1. The van der Waals surface area contributed by atoms with Crippen molar-refractivity contribution in [2.75, 3.05) is 0 Å². The van der Waals surface area contributed by atoms with E-state index in [-0.39, 0.29) is 10.8 Å². The van der Waals surface area contributed by atoms with Crippen molar-refractivity contribution < 1.29 is 4.79 Å². The van der Waals surface area contributed by atoms with E-state index < -0.39 is 0 Å². The monoisotopic (exact) mass is 424 g/mol. The summed E-state index contributed by atoms with van der Waals surface area (Å²) in [5.41, 5.74) is 5.63. The molecule has 5 rings (SSSR count). The molecule has 0 heterocycles. The van der Waals surface area contributed by atoms with Gasteiger partial charge in [-0.2, -0.15) is 0 Å². The first-order valence-corrected chi connectivity index (χ1v) is 13.5. The smallest absolute Gasteiger partial charge is 0.138 e. The first-order valence-electron chi connectivity index (χ1n) is 13.5. The molecule has 5 aliphatic rings. The largest absolute Gasteiger partial charge is 0.299 e. The zero-order valence-electron chi connectivity index (χ0n) is 21.8. The van der Waals surface area contributed by atoms with Gasteiger partial charge in [0.1, 0.15) is 5.78 Å². The molecule has 0 amide bonds. The lowest BCUT2D eigenvalue weighted by atomic mass is 9.35. The highest BCUT2D eigenvalue weighted by Gasteiger charge is 2.65. The van der Waals surface area contributed by atoms with Gasteiger partial charge in [0.15, 0.2) is 0 Å². The Hall–Kier alpha value is -0.590. The van der Waals surface area contributed by atoms with Gasteiger partial charge in [-0.25, -0.2) is 0 Å². The van der Waals surface area contributed by atoms with Gasteiger partial charge in [-0.15, -0.1) is 0 Å². The molecule has 0 N–H and O–H groups in total. The summed E-state index contributed by atoms with van der Waals surface area (Å²) < 4.78 is 0. The van der Waals surface area contributed by atoms with Gasteiger partial charge in [-0.1, -0.05) is 66.5 Å². The van der Waals surface area contributed by atoms with E-state index in [9.17, 15) is 4.79 Å². The second-order valence-electron chi connectivity index (χ2n) is 14.9. The number of carbonyl (C=O) groups is 1. The van der Waals surface area contributed by atoms with Crippen LogP contribution in [-0.4, -0.2) is 5.78 Å². The fourth-order valence-electron chi connectivity index (χ4n) is 10.3. The predicted octanol–water partition coefficient (Wildman–Crippen LogP) is 8.52. The molecular formula is C30H48O. The number of Topliss-reactive ketones (excluding diaryl/α,β-unsaturated/α-hetero) is 1. The van der Waals surface area contributed by atoms with E-state index in [4.69, 9.17) is 0 Å². The Bertz CT molecular complexity index is 844. The van der Waals surface area contributed by atoms with Gasteiger partial charge >= 0.3 is 0 Å². The van der Waals surface area contributed by atoms with Gasteiger partial charge in [-0.3, -0.25) is 4.79 Å². The minimum atomic E-state index is -0.147. The lowest BCUT2D eigenvalue weighted by molar-refractivity contribution is -0.154. The molecule has 0 unspecified atom stereocenters. The third-order valence-electron chi connectivity index (χ3n) is 12.7. The van der Waals surface area contributed by atoms with Crippen LogP contribution < -0.4 is 0 Å². The van der Waals surface area contributed by atoms with Gasteiger partial charge in [0.2, 0.25) is 0 Å². The molecule has 1 nitrogen and oxygen atoms in total. The zero-order valence-corrected chi connectivity index (χ0v) is 21.8. The second kappa shape index (κ2) is 6.29. The first-order chi connectivity index (χ1) is 14.2. The van der Waals surface area contributed by atoms with Crippen molar-refractivity contribution in [2.45, 2.75) is 126 Å². The molecule has 0 radical (unpaired) electrons. The predicted molar refractivity (Wildman–Crippen MR) is 130 cm³/mol. The van der Waals surface area contributed by atoms with Crippen LogP contribution in [0.4, 0.5) is 0 Å². The van der Waals surface area contributed by atoms with Crippen molar-refractivity contribution in [2.24, 2.45) is 44.3 Å². The van der Waals surface area contributed by atoms with Crippen molar-refractivity contribution in [1.29, 1.82) is 0 Å². The number of rotatable bonds is 0. The van der Waals surface area contributed by atoms with Gasteiger partial charge in [-0.05, 0) is 103 Å². The minimum Gasteiger partial charge on any atom is -0.299 e. The van der Waals surface area contributed by atoms with Crippen LogP contribution in [-0.2, 0) is 4.79 Å². The maximum atomic E-state index is 12.9. The normalized spacial score (nSPS) is 50.8. The summed E-state index contributed by atoms with van der Waals surface area (Å²) in [5, 5.41) is 0. The van der Waals surface area contributed by atoms with Gasteiger partial charge in [0, 0.05) is 11.8 Å². The van der Waals surface area contributed by atoms with Crippen LogP contribution in [0.15, 0.2) is 11.1 Å². The Labute approximate surface area is 192 Å². The van der Waals surface area contributed by atoms with E-state index >= 15 is 0 Å². The summed E-state index contributed by atoms with van der Waals surface area (Å²) in [7, 11) is 0. The van der Waals surface area contributed by atoms with E-state index in [1.165, 1.54) is 57.8 Å². The molecule has 31 heavy (non-hydrogen) atoms. The molecule has 0 saturated heterocycles. The average molecular weight is 425 g/mol. The van der Waals surface area contributed by atoms with Crippen LogP contribution in [0.1, 0.15) is 126 Å². The molecule has 1 heteroatoms. The summed E-state index contributed by atoms with van der Waals surface area (Å²) in [6.45, 7) is 20.2. The lowest BCUT2D eigenvalue weighted by Crippen LogP contribution is -2.60. The Morgan fingerprint density at radius 2 is 1.35 bits per heavy atom. The van der Waals surface area contributed by atoms with E-state index in [0.29, 0.717) is 33.4 Å². The Morgan fingerprint density at radius 1 is 0.677 bits per heavy atom. The van der Waals surface area contributed by atoms with Crippen molar-refractivity contribution in [1.82, 2.24) is 0 Å². The topological polar surface area (TPSA) is 17.1 Å². The number of fused-ring (bicyclic) bond motifs is 6. The van der Waals surface area contributed by atoms with Crippen LogP contribution >= 0.6 is 0 Å². The Kier molecular flexibility index (Phi) is 4.51. The van der Waals surface area contributed by atoms with Crippen LogP contribution in [0, 0.1) is 44.3 Å². The van der Waals surface area contributed by atoms with Crippen molar-refractivity contribution in [3.05, 3.63) is 11.1 Å². The fourth-order valence-corrected chi connectivity index (χ4v) is 10.3. The van der Waals surface area contributed by atoms with E-state index in [2.05, 4.69) is 55.4 Å². The SMILES string of the molecule is CC1(C)CC[C@@]2(C)CC[C@@]3(C)C4=C(CC[C@]3(C)[C@H]2C1)[C@@]1(C)CCC(=O)C(C)(C)[C@@H]1CC4. The maximum Gasteiger partial charge on any atom is 0.138 e. The van der Waals surface area contributed by atoms with Gasteiger partial charge in [0.25, 0.3) is 0 Å². The first kappa shape index (κ1) is 22.2. The molecule has 3 saturated carbocycles. The molecular weight excluding hydrogens is 376 g/mol. The number of allylic oxidation sites excluding steroid dienone is 2. The Morgan fingerprint density at radius 3 is 2.06 bits per heavy atom. The molecule has 0 aromatic rings. The zero-order chi connectivity index (χ0) is 22.7. The van der Waals surface area contributed by atoms with Crippen molar-refractivity contribution >= 4 is 5.78 Å². The Balaban J connectivity index is 1.60. The highest BCUT2D eigenvalue weighted by molar-refractivity contribution is 5.85. The van der Waals surface area contributed by atoms with Gasteiger partial charge < -0.3 is 0 Å². The molecule has 174 valence electrons. The molecule has 0 bridgehead atoms. The van der Waals surface area contributed by atoms with Gasteiger partial charge in [0.05, 0.1) is 0 Å². The molecule has 5 aliphatic carbocycles.